The van der Waals surface area contributed by atoms with E-state index < -0.39 is 0 Å². The van der Waals surface area contributed by atoms with Gasteiger partial charge in [-0.3, -0.25) is 4.79 Å². The molecule has 1 aliphatic rings. The van der Waals surface area contributed by atoms with E-state index >= 15 is 0 Å². The fourth-order valence-electron chi connectivity index (χ4n) is 4.11. The standard InChI is InChI=1S/C24H25N7O3/c1-33-23-19(11-17(14-28-23)15-8-10-31-20(12-15)29-24(25)30-31)21(32)27-13-16-5-4-9-26-22(16)34-18-6-2-3-7-18/h4-5,8-12,14,18H,2-3,6-7,13H2,1H3,(H2,25,30)(H,27,32). The van der Waals surface area contributed by atoms with Gasteiger partial charge in [0.25, 0.3) is 5.91 Å². The van der Waals surface area contributed by atoms with Crippen LogP contribution in [0.25, 0.3) is 16.8 Å². The van der Waals surface area contributed by atoms with Gasteiger partial charge in [-0.25, -0.2) is 14.5 Å². The number of nitrogen functional groups attached to an aromatic ring is 1. The summed E-state index contributed by atoms with van der Waals surface area (Å²) in [5.74, 6) is 0.684. The van der Waals surface area contributed by atoms with E-state index in [4.69, 9.17) is 15.2 Å². The molecule has 0 saturated heterocycles. The average Bonchev–Trinajstić information content (AvgIpc) is 3.50. The van der Waals surface area contributed by atoms with E-state index in [2.05, 4.69) is 25.4 Å². The maximum atomic E-state index is 13.1. The summed E-state index contributed by atoms with van der Waals surface area (Å²) in [7, 11) is 1.48. The molecular formula is C24H25N7O3. The predicted octanol–water partition coefficient (Wildman–Crippen LogP) is 3.03. The number of pyridine rings is 3. The highest BCUT2D eigenvalue weighted by molar-refractivity contribution is 5.97. The third-order valence-corrected chi connectivity index (χ3v) is 5.85. The first-order chi connectivity index (χ1) is 16.6. The average molecular weight is 460 g/mol. The number of rotatable bonds is 7. The van der Waals surface area contributed by atoms with Crippen LogP contribution in [-0.4, -0.2) is 43.7 Å². The third-order valence-electron chi connectivity index (χ3n) is 5.85. The predicted molar refractivity (Wildman–Crippen MR) is 125 cm³/mol. The van der Waals surface area contributed by atoms with E-state index in [0.29, 0.717) is 17.1 Å². The second-order valence-corrected chi connectivity index (χ2v) is 8.14. The topological polar surface area (TPSA) is 130 Å². The second kappa shape index (κ2) is 9.34. The van der Waals surface area contributed by atoms with Crippen molar-refractivity contribution in [3.63, 3.8) is 0 Å². The molecule has 1 amide bonds. The zero-order valence-corrected chi connectivity index (χ0v) is 18.8. The Labute approximate surface area is 196 Å². The molecule has 10 heteroatoms. The van der Waals surface area contributed by atoms with Crippen LogP contribution in [0, 0.1) is 0 Å². The Kier molecular flexibility index (Phi) is 5.94. The number of carbonyl (C=O) groups excluding carboxylic acids is 1. The van der Waals surface area contributed by atoms with E-state index in [1.807, 2.05) is 24.3 Å². The fourth-order valence-corrected chi connectivity index (χ4v) is 4.11. The van der Waals surface area contributed by atoms with Crippen LogP contribution in [0.1, 0.15) is 41.6 Å². The maximum Gasteiger partial charge on any atom is 0.257 e. The molecule has 10 nitrogen and oxygen atoms in total. The quantitative estimate of drug-likeness (QED) is 0.431. The van der Waals surface area contributed by atoms with Crippen LogP contribution in [0.4, 0.5) is 5.95 Å². The minimum Gasteiger partial charge on any atom is -0.480 e. The van der Waals surface area contributed by atoms with Crippen LogP contribution in [0.3, 0.4) is 0 Å². The van der Waals surface area contributed by atoms with Crippen molar-refractivity contribution in [1.29, 1.82) is 0 Å². The first-order valence-corrected chi connectivity index (χ1v) is 11.2. The van der Waals surface area contributed by atoms with Crippen LogP contribution in [0.5, 0.6) is 11.8 Å². The zero-order chi connectivity index (χ0) is 23.5. The van der Waals surface area contributed by atoms with Crippen molar-refractivity contribution in [1.82, 2.24) is 29.9 Å². The smallest absolute Gasteiger partial charge is 0.257 e. The third kappa shape index (κ3) is 4.47. The SMILES string of the molecule is COc1ncc(-c2ccn3nc(N)nc3c2)cc1C(=O)NCc1cccnc1OC1CCCC1. The second-order valence-electron chi connectivity index (χ2n) is 8.14. The number of nitrogens with zero attached hydrogens (tertiary/aromatic N) is 5. The molecule has 0 aliphatic heterocycles. The van der Waals surface area contributed by atoms with E-state index in [-0.39, 0.29) is 30.4 Å². The van der Waals surface area contributed by atoms with Gasteiger partial charge in [0.15, 0.2) is 5.65 Å². The number of hydrogen-bond acceptors (Lipinski definition) is 8. The number of aromatic nitrogens is 5. The lowest BCUT2D eigenvalue weighted by molar-refractivity contribution is 0.0946. The van der Waals surface area contributed by atoms with E-state index in [0.717, 1.165) is 29.5 Å². The van der Waals surface area contributed by atoms with Gasteiger partial charge in [-0.05, 0) is 55.5 Å². The monoisotopic (exact) mass is 459 g/mol. The van der Waals surface area contributed by atoms with Gasteiger partial charge in [0, 0.05) is 36.3 Å². The molecule has 1 fully saturated rings. The van der Waals surface area contributed by atoms with Crippen LogP contribution in [0.2, 0.25) is 0 Å². The Morgan fingerprint density at radius 2 is 2.03 bits per heavy atom. The summed E-state index contributed by atoms with van der Waals surface area (Å²) in [4.78, 5) is 26.0. The number of methoxy groups -OCH3 is 1. The van der Waals surface area contributed by atoms with Crippen LogP contribution in [0.15, 0.2) is 48.9 Å². The first kappa shape index (κ1) is 21.6. The van der Waals surface area contributed by atoms with Gasteiger partial charge in [-0.15, -0.1) is 5.10 Å². The van der Waals surface area contributed by atoms with Crippen molar-refractivity contribution in [2.45, 2.75) is 38.3 Å². The van der Waals surface area contributed by atoms with Gasteiger partial charge in [-0.2, -0.15) is 4.98 Å². The molecule has 0 bridgehead atoms. The van der Waals surface area contributed by atoms with Crippen molar-refractivity contribution < 1.29 is 14.3 Å². The molecular weight excluding hydrogens is 434 g/mol. The Hall–Kier alpha value is -4.21. The number of nitrogens with two attached hydrogens (primary N) is 1. The molecule has 0 atom stereocenters. The zero-order valence-electron chi connectivity index (χ0n) is 18.8. The van der Waals surface area contributed by atoms with Gasteiger partial charge in [0.05, 0.1) is 7.11 Å². The molecule has 5 rings (SSSR count). The van der Waals surface area contributed by atoms with Gasteiger partial charge >= 0.3 is 0 Å². The van der Waals surface area contributed by atoms with Crippen LogP contribution < -0.4 is 20.5 Å². The summed E-state index contributed by atoms with van der Waals surface area (Å²) in [6, 6.07) is 9.17. The number of amides is 1. The van der Waals surface area contributed by atoms with Crippen LogP contribution in [-0.2, 0) is 6.54 Å². The lowest BCUT2D eigenvalue weighted by Crippen LogP contribution is -2.24. The summed E-state index contributed by atoms with van der Waals surface area (Å²) in [6.07, 6.45) is 9.70. The molecule has 3 N–H and O–H groups in total. The fraction of sp³-hybridized carbons (Fsp3) is 0.292. The number of hydrogen-bond donors (Lipinski definition) is 2. The molecule has 0 spiro atoms. The Morgan fingerprint density at radius 3 is 2.85 bits per heavy atom. The highest BCUT2D eigenvalue weighted by Gasteiger charge is 2.20. The minimum atomic E-state index is -0.310. The first-order valence-electron chi connectivity index (χ1n) is 11.2. The van der Waals surface area contributed by atoms with Crippen molar-refractivity contribution >= 4 is 17.5 Å². The van der Waals surface area contributed by atoms with E-state index in [1.165, 1.54) is 20.0 Å². The van der Waals surface area contributed by atoms with Crippen LogP contribution >= 0.6 is 0 Å². The lowest BCUT2D eigenvalue weighted by Gasteiger charge is -2.16. The summed E-state index contributed by atoms with van der Waals surface area (Å²) in [5, 5.41) is 7.03. The van der Waals surface area contributed by atoms with Gasteiger partial charge < -0.3 is 20.5 Å². The molecule has 4 aromatic heterocycles. The van der Waals surface area contributed by atoms with E-state index in [1.54, 1.807) is 29.2 Å². The van der Waals surface area contributed by atoms with Crippen molar-refractivity contribution in [2.75, 3.05) is 12.8 Å². The Morgan fingerprint density at radius 1 is 1.18 bits per heavy atom. The van der Waals surface area contributed by atoms with Crippen molar-refractivity contribution in [2.24, 2.45) is 0 Å². The molecule has 1 aliphatic carbocycles. The van der Waals surface area contributed by atoms with Gasteiger partial charge in [0.1, 0.15) is 11.7 Å². The molecule has 0 unspecified atom stereocenters. The number of fused-ring (bicyclic) bond motifs is 1. The lowest BCUT2D eigenvalue weighted by atomic mass is 10.1. The minimum absolute atomic E-state index is 0.184. The number of anilines is 1. The summed E-state index contributed by atoms with van der Waals surface area (Å²) < 4.78 is 13.0. The van der Waals surface area contributed by atoms with Gasteiger partial charge in [-0.1, -0.05) is 6.07 Å². The molecule has 0 aromatic carbocycles. The summed E-state index contributed by atoms with van der Waals surface area (Å²) in [6.45, 7) is 0.271. The number of ether oxygens (including phenoxy) is 2. The molecule has 34 heavy (non-hydrogen) atoms. The highest BCUT2D eigenvalue weighted by atomic mass is 16.5. The molecule has 0 radical (unpaired) electrons. The van der Waals surface area contributed by atoms with Crippen molar-refractivity contribution in [3.8, 4) is 22.9 Å². The molecule has 1 saturated carbocycles. The van der Waals surface area contributed by atoms with Gasteiger partial charge in [0.2, 0.25) is 17.7 Å². The molecule has 4 aromatic rings. The summed E-state index contributed by atoms with van der Waals surface area (Å²) >= 11 is 0. The van der Waals surface area contributed by atoms with E-state index in [9.17, 15) is 4.79 Å². The number of nitrogens with one attached hydrogen (secondary N) is 1. The largest absolute Gasteiger partial charge is 0.480 e. The number of carbonyl (C=O) groups is 1. The molecule has 4 heterocycles. The Balaban J connectivity index is 1.36. The summed E-state index contributed by atoms with van der Waals surface area (Å²) in [5.41, 5.74) is 8.98. The molecule has 174 valence electrons. The Bertz CT molecular complexity index is 1330. The van der Waals surface area contributed by atoms with Crippen molar-refractivity contribution in [3.05, 3.63) is 60.0 Å². The highest BCUT2D eigenvalue weighted by Crippen LogP contribution is 2.27. The maximum absolute atomic E-state index is 13.1. The normalized spacial score (nSPS) is 13.8.